The van der Waals surface area contributed by atoms with E-state index in [0.29, 0.717) is 29.8 Å². The third kappa shape index (κ3) is 3.77. The first kappa shape index (κ1) is 28.7. The molecule has 0 aromatic carbocycles. The van der Waals surface area contributed by atoms with Gasteiger partial charge in [-0.05, 0) is 85.4 Å². The molecule has 0 saturated heterocycles. The van der Waals surface area contributed by atoms with Crippen molar-refractivity contribution < 1.29 is 19.4 Å². The SMILES string of the molecule is CCOC1C=C2C3CC(C)(C)CCC3(C)CCC2(C)C2(C)CCC3C(C)(C)C(OC(C)=O)CC(O)C3(C)C12. The minimum absolute atomic E-state index is 0.00369. The van der Waals surface area contributed by atoms with E-state index >= 15 is 0 Å². The van der Waals surface area contributed by atoms with Crippen molar-refractivity contribution in [1.29, 1.82) is 0 Å². The van der Waals surface area contributed by atoms with Crippen LogP contribution < -0.4 is 0 Å². The van der Waals surface area contributed by atoms with Crippen LogP contribution in [0.25, 0.3) is 0 Å². The van der Waals surface area contributed by atoms with Gasteiger partial charge in [-0.2, -0.15) is 0 Å². The number of allylic oxidation sites excluding steroid dienone is 1. The lowest BCUT2D eigenvalue weighted by Gasteiger charge is -2.73. The highest BCUT2D eigenvalue weighted by Gasteiger charge is 2.72. The van der Waals surface area contributed by atoms with Gasteiger partial charge in [-0.3, -0.25) is 4.79 Å². The lowest BCUT2D eigenvalue weighted by Crippen LogP contribution is -2.71. The van der Waals surface area contributed by atoms with E-state index in [0.717, 1.165) is 12.8 Å². The van der Waals surface area contributed by atoms with Crippen molar-refractivity contribution in [2.45, 2.75) is 139 Å². The van der Waals surface area contributed by atoms with Crippen LogP contribution in [0.1, 0.15) is 121 Å². The van der Waals surface area contributed by atoms with Crippen LogP contribution in [0.2, 0.25) is 0 Å². The summed E-state index contributed by atoms with van der Waals surface area (Å²) in [5.74, 6) is 0.837. The van der Waals surface area contributed by atoms with Crippen LogP contribution in [-0.4, -0.2) is 36.0 Å². The van der Waals surface area contributed by atoms with Gasteiger partial charge in [0.25, 0.3) is 0 Å². The summed E-state index contributed by atoms with van der Waals surface area (Å²) >= 11 is 0. The van der Waals surface area contributed by atoms with Gasteiger partial charge in [-0.15, -0.1) is 0 Å². The molecule has 5 aliphatic carbocycles. The van der Waals surface area contributed by atoms with Crippen LogP contribution >= 0.6 is 0 Å². The number of rotatable bonds is 3. The number of carbonyl (C=O) groups is 1. The van der Waals surface area contributed by atoms with E-state index in [-0.39, 0.29) is 51.7 Å². The molecule has 10 unspecified atom stereocenters. The number of ether oxygens (including phenoxy) is 2. The minimum Gasteiger partial charge on any atom is -0.462 e. The van der Waals surface area contributed by atoms with Gasteiger partial charge in [0.05, 0.1) is 12.2 Å². The molecule has 4 nitrogen and oxygen atoms in total. The number of hydrogen-bond donors (Lipinski definition) is 1. The summed E-state index contributed by atoms with van der Waals surface area (Å²) < 4.78 is 12.6. The van der Waals surface area contributed by atoms with E-state index in [1.807, 2.05) is 0 Å². The number of fused-ring (bicyclic) bond motifs is 7. The molecule has 0 radical (unpaired) electrons. The molecule has 0 heterocycles. The summed E-state index contributed by atoms with van der Waals surface area (Å²) in [6.07, 6.45) is 10.9. The molecule has 0 aliphatic heterocycles. The first-order chi connectivity index (χ1) is 17.5. The van der Waals surface area contributed by atoms with Gasteiger partial charge in [-0.25, -0.2) is 0 Å². The number of esters is 1. The molecule has 0 aromatic heterocycles. The lowest BCUT2D eigenvalue weighted by molar-refractivity contribution is -0.267. The summed E-state index contributed by atoms with van der Waals surface area (Å²) in [7, 11) is 0. The molecule has 5 aliphatic rings. The van der Waals surface area contributed by atoms with E-state index in [1.165, 1.54) is 39.0 Å². The molecule has 216 valence electrons. The van der Waals surface area contributed by atoms with Gasteiger partial charge in [0.1, 0.15) is 6.10 Å². The molecule has 0 aromatic rings. The Morgan fingerprint density at radius 2 is 1.66 bits per heavy atom. The second-order valence-electron chi connectivity index (χ2n) is 16.5. The highest BCUT2D eigenvalue weighted by atomic mass is 16.5. The fourth-order valence-electron chi connectivity index (χ4n) is 11.2. The molecule has 5 rings (SSSR count). The average Bonchev–Trinajstić information content (AvgIpc) is 2.80. The van der Waals surface area contributed by atoms with Crippen LogP contribution in [0.5, 0.6) is 0 Å². The van der Waals surface area contributed by atoms with Crippen molar-refractivity contribution in [2.24, 2.45) is 50.2 Å². The van der Waals surface area contributed by atoms with Crippen LogP contribution in [0.15, 0.2) is 11.6 Å². The maximum atomic E-state index is 12.0. The summed E-state index contributed by atoms with van der Waals surface area (Å²) in [5.41, 5.74) is 2.06. The number of aliphatic hydroxyl groups is 1. The summed E-state index contributed by atoms with van der Waals surface area (Å²) in [6.45, 7) is 23.9. The molecular formula is C34H56O4. The van der Waals surface area contributed by atoms with Gasteiger partial charge in [0, 0.05) is 36.7 Å². The molecule has 0 bridgehead atoms. The fraction of sp³-hybridized carbons (Fsp3) is 0.912. The maximum absolute atomic E-state index is 12.0. The fourth-order valence-corrected chi connectivity index (χ4v) is 11.2. The third-order valence-electron chi connectivity index (χ3n) is 13.7. The van der Waals surface area contributed by atoms with Crippen molar-refractivity contribution in [3.63, 3.8) is 0 Å². The van der Waals surface area contributed by atoms with E-state index in [9.17, 15) is 9.90 Å². The Bertz CT molecular complexity index is 996. The van der Waals surface area contributed by atoms with E-state index in [4.69, 9.17) is 9.47 Å². The summed E-state index contributed by atoms with van der Waals surface area (Å²) in [5, 5.41) is 12.0. The van der Waals surface area contributed by atoms with E-state index in [1.54, 1.807) is 5.57 Å². The van der Waals surface area contributed by atoms with Crippen molar-refractivity contribution in [3.05, 3.63) is 11.6 Å². The Morgan fingerprint density at radius 1 is 1.00 bits per heavy atom. The average molecular weight is 529 g/mol. The van der Waals surface area contributed by atoms with Crippen LogP contribution in [-0.2, 0) is 14.3 Å². The van der Waals surface area contributed by atoms with Crippen LogP contribution in [0, 0.1) is 50.2 Å². The van der Waals surface area contributed by atoms with Crippen LogP contribution in [0.4, 0.5) is 0 Å². The number of hydrogen-bond acceptors (Lipinski definition) is 4. The van der Waals surface area contributed by atoms with Crippen molar-refractivity contribution in [2.75, 3.05) is 6.61 Å². The molecular weight excluding hydrogens is 472 g/mol. The van der Waals surface area contributed by atoms with Gasteiger partial charge in [0.2, 0.25) is 0 Å². The number of aliphatic hydroxyl groups excluding tert-OH is 1. The summed E-state index contributed by atoms with van der Waals surface area (Å²) in [4.78, 5) is 12.0. The largest absolute Gasteiger partial charge is 0.462 e. The summed E-state index contributed by atoms with van der Waals surface area (Å²) in [6, 6.07) is 0. The highest BCUT2D eigenvalue weighted by Crippen LogP contribution is 2.76. The monoisotopic (exact) mass is 528 g/mol. The Kier molecular flexibility index (Phi) is 6.64. The molecule has 0 amide bonds. The second-order valence-corrected chi connectivity index (χ2v) is 16.5. The number of carbonyl (C=O) groups excluding carboxylic acids is 1. The quantitative estimate of drug-likeness (QED) is 0.301. The third-order valence-corrected chi connectivity index (χ3v) is 13.7. The molecule has 1 N–H and O–H groups in total. The van der Waals surface area contributed by atoms with Crippen molar-refractivity contribution in [3.8, 4) is 0 Å². The molecule has 4 fully saturated rings. The molecule has 0 spiro atoms. The zero-order chi connectivity index (χ0) is 28.1. The van der Waals surface area contributed by atoms with Gasteiger partial charge >= 0.3 is 5.97 Å². The molecule has 4 saturated carbocycles. The van der Waals surface area contributed by atoms with Gasteiger partial charge in [0.15, 0.2) is 0 Å². The Hall–Kier alpha value is -0.870. The zero-order valence-electron chi connectivity index (χ0n) is 26.1. The van der Waals surface area contributed by atoms with Gasteiger partial charge < -0.3 is 14.6 Å². The molecule has 4 heteroatoms. The predicted molar refractivity (Wildman–Crippen MR) is 152 cm³/mol. The van der Waals surface area contributed by atoms with Crippen molar-refractivity contribution in [1.82, 2.24) is 0 Å². The topological polar surface area (TPSA) is 55.8 Å². The van der Waals surface area contributed by atoms with Crippen molar-refractivity contribution >= 4 is 5.97 Å². The maximum Gasteiger partial charge on any atom is 0.302 e. The standard InChI is InChI=1S/C34H56O4/c1-11-37-24-18-22-23-20-29(3,4)14-15-31(23,7)16-17-32(22,8)33(9)13-12-25-30(5,6)27(38-21(2)35)19-26(36)34(25,10)28(24)33/h18,23-28,36H,11-17,19-20H2,1-10H3. The first-order valence-electron chi connectivity index (χ1n) is 15.7. The smallest absolute Gasteiger partial charge is 0.302 e. The molecule has 10 atom stereocenters. The zero-order valence-corrected chi connectivity index (χ0v) is 26.1. The van der Waals surface area contributed by atoms with E-state index in [2.05, 4.69) is 68.4 Å². The highest BCUT2D eigenvalue weighted by molar-refractivity contribution is 5.66. The minimum atomic E-state index is -0.529. The Balaban J connectivity index is 1.65. The Morgan fingerprint density at radius 3 is 2.29 bits per heavy atom. The normalized spacial score (nSPS) is 51.0. The Labute approximate surface area is 232 Å². The van der Waals surface area contributed by atoms with Gasteiger partial charge in [-0.1, -0.05) is 67.0 Å². The van der Waals surface area contributed by atoms with Crippen LogP contribution in [0.3, 0.4) is 0 Å². The van der Waals surface area contributed by atoms with E-state index < -0.39 is 6.10 Å². The molecule has 38 heavy (non-hydrogen) atoms. The second kappa shape index (κ2) is 8.81. The predicted octanol–water partition coefficient (Wildman–Crippen LogP) is 7.73. The lowest BCUT2D eigenvalue weighted by atomic mass is 9.33. The first-order valence-corrected chi connectivity index (χ1v) is 15.7.